The van der Waals surface area contributed by atoms with Gasteiger partial charge in [-0.05, 0) is 50.9 Å². The van der Waals surface area contributed by atoms with Gasteiger partial charge in [-0.3, -0.25) is 14.7 Å². The lowest BCUT2D eigenvalue weighted by molar-refractivity contribution is 0.0927. The Labute approximate surface area is 153 Å². The first-order valence-corrected chi connectivity index (χ1v) is 9.89. The highest BCUT2D eigenvalue weighted by Crippen LogP contribution is 2.24. The number of pyridine rings is 1. The third kappa shape index (κ3) is 4.44. The second-order valence-corrected chi connectivity index (χ2v) is 7.57. The first-order chi connectivity index (χ1) is 12.2. The maximum absolute atomic E-state index is 12.6. The maximum atomic E-state index is 12.6. The summed E-state index contributed by atoms with van der Waals surface area (Å²) in [5.41, 5.74) is 2.00. The van der Waals surface area contributed by atoms with Gasteiger partial charge in [0.1, 0.15) is 4.88 Å². The van der Waals surface area contributed by atoms with E-state index in [9.17, 15) is 4.79 Å². The van der Waals surface area contributed by atoms with Crippen LogP contribution in [0, 0.1) is 6.92 Å². The molecule has 1 aliphatic rings. The molecule has 25 heavy (non-hydrogen) atoms. The lowest BCUT2D eigenvalue weighted by Gasteiger charge is -2.34. The van der Waals surface area contributed by atoms with Crippen molar-refractivity contribution in [1.29, 1.82) is 0 Å². The molecule has 134 valence electrons. The SMILES string of the molecule is CCc1nc(C)c(C(=O)NC[C@@H](c2cccnc2)N2CCCCC2)s1. The molecule has 0 radical (unpaired) electrons. The minimum Gasteiger partial charge on any atom is -0.349 e. The number of hydrogen-bond donors (Lipinski definition) is 1. The Morgan fingerprint density at radius 2 is 2.16 bits per heavy atom. The van der Waals surface area contributed by atoms with Crippen LogP contribution in [0.4, 0.5) is 0 Å². The molecule has 0 unspecified atom stereocenters. The van der Waals surface area contributed by atoms with Gasteiger partial charge in [0, 0.05) is 18.9 Å². The molecule has 1 saturated heterocycles. The number of carbonyl (C=O) groups excluding carboxylic acids is 1. The molecule has 1 atom stereocenters. The van der Waals surface area contributed by atoms with E-state index in [-0.39, 0.29) is 11.9 Å². The number of aromatic nitrogens is 2. The summed E-state index contributed by atoms with van der Waals surface area (Å²) in [6, 6.07) is 4.25. The van der Waals surface area contributed by atoms with E-state index in [1.807, 2.05) is 19.2 Å². The predicted octanol–water partition coefficient (Wildman–Crippen LogP) is 3.37. The monoisotopic (exact) mass is 358 g/mol. The van der Waals surface area contributed by atoms with Crippen LogP contribution in [-0.4, -0.2) is 40.4 Å². The second-order valence-electron chi connectivity index (χ2n) is 6.48. The third-order valence-corrected chi connectivity index (χ3v) is 6.01. The van der Waals surface area contributed by atoms with Gasteiger partial charge in [-0.15, -0.1) is 11.3 Å². The van der Waals surface area contributed by atoms with E-state index in [0.29, 0.717) is 6.54 Å². The minimum atomic E-state index is -0.0133. The molecule has 6 heteroatoms. The van der Waals surface area contributed by atoms with E-state index < -0.39 is 0 Å². The van der Waals surface area contributed by atoms with Crippen molar-refractivity contribution < 1.29 is 4.79 Å². The van der Waals surface area contributed by atoms with E-state index in [1.54, 1.807) is 6.20 Å². The quantitative estimate of drug-likeness (QED) is 0.860. The zero-order valence-corrected chi connectivity index (χ0v) is 15.8. The molecule has 0 saturated carbocycles. The highest BCUT2D eigenvalue weighted by atomic mass is 32.1. The molecular formula is C19H26N4OS. The third-order valence-electron chi connectivity index (χ3n) is 4.71. The lowest BCUT2D eigenvalue weighted by atomic mass is 10.0. The van der Waals surface area contributed by atoms with Crippen molar-refractivity contribution in [3.63, 3.8) is 0 Å². The molecule has 0 aliphatic carbocycles. The van der Waals surface area contributed by atoms with E-state index in [0.717, 1.165) is 35.1 Å². The average molecular weight is 359 g/mol. The van der Waals surface area contributed by atoms with Gasteiger partial charge in [-0.1, -0.05) is 19.4 Å². The number of likely N-dealkylation sites (tertiary alicyclic amines) is 1. The van der Waals surface area contributed by atoms with Gasteiger partial charge in [-0.2, -0.15) is 0 Å². The number of nitrogens with one attached hydrogen (secondary N) is 1. The summed E-state index contributed by atoms with van der Waals surface area (Å²) in [5, 5.41) is 4.15. The lowest BCUT2D eigenvalue weighted by Crippen LogP contribution is -2.40. The minimum absolute atomic E-state index is 0.0133. The smallest absolute Gasteiger partial charge is 0.263 e. The number of rotatable bonds is 6. The van der Waals surface area contributed by atoms with Crippen LogP contribution in [0.5, 0.6) is 0 Å². The molecule has 3 heterocycles. The van der Waals surface area contributed by atoms with Gasteiger partial charge >= 0.3 is 0 Å². The van der Waals surface area contributed by atoms with Gasteiger partial charge in [-0.25, -0.2) is 4.98 Å². The number of aryl methyl sites for hydroxylation is 2. The van der Waals surface area contributed by atoms with Crippen molar-refractivity contribution >= 4 is 17.2 Å². The molecule has 0 bridgehead atoms. The van der Waals surface area contributed by atoms with E-state index in [1.165, 1.54) is 36.2 Å². The Morgan fingerprint density at radius 1 is 1.36 bits per heavy atom. The molecule has 2 aromatic rings. The number of thiazole rings is 1. The van der Waals surface area contributed by atoms with Crippen molar-refractivity contribution in [1.82, 2.24) is 20.2 Å². The summed E-state index contributed by atoms with van der Waals surface area (Å²) in [6.45, 7) is 6.73. The fourth-order valence-corrected chi connectivity index (χ4v) is 4.27. The first-order valence-electron chi connectivity index (χ1n) is 9.07. The zero-order chi connectivity index (χ0) is 17.6. The van der Waals surface area contributed by atoms with Crippen molar-refractivity contribution in [2.75, 3.05) is 19.6 Å². The standard InChI is InChI=1S/C19H26N4OS/c1-3-17-22-14(2)18(25-17)19(24)21-13-16(15-8-7-9-20-12-15)23-10-5-4-6-11-23/h7-9,12,16H,3-6,10-11,13H2,1-2H3,(H,21,24)/t16-/m0/s1. The highest BCUT2D eigenvalue weighted by Gasteiger charge is 2.24. The molecule has 5 nitrogen and oxygen atoms in total. The van der Waals surface area contributed by atoms with Gasteiger partial charge in [0.15, 0.2) is 0 Å². The molecule has 3 rings (SSSR count). The number of carbonyl (C=O) groups is 1. The number of hydrogen-bond acceptors (Lipinski definition) is 5. The van der Waals surface area contributed by atoms with E-state index in [4.69, 9.17) is 0 Å². The molecule has 1 aliphatic heterocycles. The summed E-state index contributed by atoms with van der Waals surface area (Å²) < 4.78 is 0. The Morgan fingerprint density at radius 3 is 2.80 bits per heavy atom. The Bertz CT molecular complexity index is 695. The molecular weight excluding hydrogens is 332 g/mol. The fraction of sp³-hybridized carbons (Fsp3) is 0.526. The van der Waals surface area contributed by atoms with Crippen molar-refractivity contribution in [2.24, 2.45) is 0 Å². The van der Waals surface area contributed by atoms with Crippen LogP contribution in [0.25, 0.3) is 0 Å². The second kappa shape index (κ2) is 8.54. The van der Waals surface area contributed by atoms with Crippen LogP contribution in [0.2, 0.25) is 0 Å². The normalized spacial score (nSPS) is 16.6. The van der Waals surface area contributed by atoms with Crippen molar-refractivity contribution in [3.8, 4) is 0 Å². The largest absolute Gasteiger partial charge is 0.349 e. The molecule has 0 spiro atoms. The van der Waals surface area contributed by atoms with Crippen LogP contribution in [-0.2, 0) is 6.42 Å². The average Bonchev–Trinajstić information content (AvgIpc) is 3.04. The van der Waals surface area contributed by atoms with Crippen LogP contribution in [0.3, 0.4) is 0 Å². The first kappa shape index (κ1) is 18.0. The highest BCUT2D eigenvalue weighted by molar-refractivity contribution is 7.13. The van der Waals surface area contributed by atoms with E-state index in [2.05, 4.69) is 33.2 Å². The molecule has 2 aromatic heterocycles. The number of piperidine rings is 1. The van der Waals surface area contributed by atoms with Crippen molar-refractivity contribution in [3.05, 3.63) is 45.7 Å². The van der Waals surface area contributed by atoms with Crippen LogP contribution < -0.4 is 5.32 Å². The van der Waals surface area contributed by atoms with Gasteiger partial charge in [0.25, 0.3) is 5.91 Å². The van der Waals surface area contributed by atoms with Gasteiger partial charge < -0.3 is 5.32 Å². The molecule has 0 aromatic carbocycles. The summed E-state index contributed by atoms with van der Waals surface area (Å²) in [6.07, 6.45) is 8.31. The Balaban J connectivity index is 1.71. The fourth-order valence-electron chi connectivity index (χ4n) is 3.34. The van der Waals surface area contributed by atoms with Crippen LogP contribution in [0.1, 0.15) is 58.2 Å². The zero-order valence-electron chi connectivity index (χ0n) is 15.0. The Hall–Kier alpha value is -1.79. The summed E-state index contributed by atoms with van der Waals surface area (Å²) >= 11 is 1.50. The van der Waals surface area contributed by atoms with Crippen LogP contribution >= 0.6 is 11.3 Å². The number of nitrogens with zero attached hydrogens (tertiary/aromatic N) is 3. The summed E-state index contributed by atoms with van der Waals surface area (Å²) in [7, 11) is 0. The molecule has 1 fully saturated rings. The van der Waals surface area contributed by atoms with Crippen LogP contribution in [0.15, 0.2) is 24.5 Å². The predicted molar refractivity (Wildman–Crippen MR) is 101 cm³/mol. The summed E-state index contributed by atoms with van der Waals surface area (Å²) in [5.74, 6) is -0.0133. The molecule has 1 amide bonds. The topological polar surface area (TPSA) is 58.1 Å². The molecule has 1 N–H and O–H groups in total. The van der Waals surface area contributed by atoms with Gasteiger partial charge in [0.2, 0.25) is 0 Å². The number of amides is 1. The van der Waals surface area contributed by atoms with E-state index >= 15 is 0 Å². The maximum Gasteiger partial charge on any atom is 0.263 e. The summed E-state index contributed by atoms with van der Waals surface area (Å²) in [4.78, 5) is 24.6. The van der Waals surface area contributed by atoms with Gasteiger partial charge in [0.05, 0.1) is 16.7 Å². The van der Waals surface area contributed by atoms with Crippen molar-refractivity contribution in [2.45, 2.75) is 45.6 Å². The Kier molecular flexibility index (Phi) is 6.15.